The molecule has 1 fully saturated rings. The number of aromatic nitrogens is 3. The predicted octanol–water partition coefficient (Wildman–Crippen LogP) is 1.23. The molecule has 21 heavy (non-hydrogen) atoms. The number of hydrogen-bond donors (Lipinski definition) is 1. The lowest BCUT2D eigenvalue weighted by Crippen LogP contribution is -2.51. The van der Waals surface area contributed by atoms with Gasteiger partial charge in [-0.2, -0.15) is 15.0 Å². The molecule has 1 aliphatic heterocycles. The molecule has 1 N–H and O–H groups in total. The van der Waals surface area contributed by atoms with Gasteiger partial charge in [0, 0.05) is 32.2 Å². The van der Waals surface area contributed by atoms with Crippen LogP contribution in [0.5, 0.6) is 6.01 Å². The maximum absolute atomic E-state index is 5.59. The van der Waals surface area contributed by atoms with Gasteiger partial charge in [-0.05, 0) is 27.3 Å². The summed E-state index contributed by atoms with van der Waals surface area (Å²) in [4.78, 5) is 17.8. The molecule has 0 spiro atoms. The van der Waals surface area contributed by atoms with E-state index < -0.39 is 0 Å². The van der Waals surface area contributed by atoms with Crippen LogP contribution in [0.25, 0.3) is 0 Å². The second-order valence-corrected chi connectivity index (χ2v) is 5.43. The molecule has 7 nitrogen and oxygen atoms in total. The normalized spacial score (nSPS) is 19.6. The average molecular weight is 294 g/mol. The monoisotopic (exact) mass is 294 g/mol. The van der Waals surface area contributed by atoms with Crippen LogP contribution in [0.2, 0.25) is 0 Å². The summed E-state index contributed by atoms with van der Waals surface area (Å²) in [6, 6.07) is 0.781. The van der Waals surface area contributed by atoms with E-state index in [-0.39, 0.29) is 0 Å². The summed E-state index contributed by atoms with van der Waals surface area (Å²) in [6.07, 6.45) is 0.933. The van der Waals surface area contributed by atoms with E-state index in [9.17, 15) is 0 Å². The Labute approximate surface area is 126 Å². The van der Waals surface area contributed by atoms with Crippen molar-refractivity contribution in [2.75, 3.05) is 50.1 Å². The fraction of sp³-hybridized carbons (Fsp3) is 0.786. The average Bonchev–Trinajstić information content (AvgIpc) is 2.45. The van der Waals surface area contributed by atoms with Crippen molar-refractivity contribution in [2.24, 2.45) is 0 Å². The third kappa shape index (κ3) is 4.17. The van der Waals surface area contributed by atoms with E-state index in [1.165, 1.54) is 0 Å². The number of ether oxygens (including phenoxy) is 1. The molecular formula is C14H26N6O. The Morgan fingerprint density at radius 2 is 2.05 bits per heavy atom. The van der Waals surface area contributed by atoms with Crippen molar-refractivity contribution in [3.63, 3.8) is 0 Å². The van der Waals surface area contributed by atoms with Crippen LogP contribution in [0.15, 0.2) is 0 Å². The summed E-state index contributed by atoms with van der Waals surface area (Å²) in [5.41, 5.74) is 0. The molecule has 1 aliphatic rings. The minimum absolute atomic E-state index is 0.375. The summed E-state index contributed by atoms with van der Waals surface area (Å²) in [5.74, 6) is 1.28. The molecule has 1 aromatic rings. The lowest BCUT2D eigenvalue weighted by molar-refractivity contribution is 0.270. The van der Waals surface area contributed by atoms with Gasteiger partial charge in [0.1, 0.15) is 0 Å². The van der Waals surface area contributed by atoms with Gasteiger partial charge in [0.2, 0.25) is 11.9 Å². The topological polar surface area (TPSA) is 66.4 Å². The van der Waals surface area contributed by atoms with E-state index in [1.54, 1.807) is 0 Å². The molecule has 118 valence electrons. The SMILES string of the molecule is CCCOc1nc(NCC)nc(N2CCN(C)CC2C)n1. The molecule has 0 amide bonds. The van der Waals surface area contributed by atoms with Crippen molar-refractivity contribution in [1.82, 2.24) is 19.9 Å². The van der Waals surface area contributed by atoms with Crippen LogP contribution in [0.1, 0.15) is 27.2 Å². The highest BCUT2D eigenvalue weighted by Crippen LogP contribution is 2.19. The van der Waals surface area contributed by atoms with Crippen molar-refractivity contribution in [1.29, 1.82) is 0 Å². The maximum atomic E-state index is 5.59. The Morgan fingerprint density at radius 3 is 2.71 bits per heavy atom. The van der Waals surface area contributed by atoms with Crippen molar-refractivity contribution < 1.29 is 4.74 Å². The predicted molar refractivity (Wildman–Crippen MR) is 84.1 cm³/mol. The van der Waals surface area contributed by atoms with Crippen LogP contribution in [0.3, 0.4) is 0 Å². The van der Waals surface area contributed by atoms with Gasteiger partial charge in [-0.25, -0.2) is 0 Å². The van der Waals surface area contributed by atoms with E-state index in [4.69, 9.17) is 4.74 Å². The second-order valence-electron chi connectivity index (χ2n) is 5.43. The molecule has 1 saturated heterocycles. The summed E-state index contributed by atoms with van der Waals surface area (Å²) < 4.78 is 5.59. The zero-order chi connectivity index (χ0) is 15.2. The molecule has 0 saturated carbocycles. The van der Waals surface area contributed by atoms with Crippen molar-refractivity contribution in [3.05, 3.63) is 0 Å². The van der Waals surface area contributed by atoms with Crippen molar-refractivity contribution in [2.45, 2.75) is 33.2 Å². The Bertz CT molecular complexity index is 455. The molecular weight excluding hydrogens is 268 g/mol. The Hall–Kier alpha value is -1.63. The van der Waals surface area contributed by atoms with Crippen LogP contribution < -0.4 is 15.0 Å². The zero-order valence-electron chi connectivity index (χ0n) is 13.5. The minimum Gasteiger partial charge on any atom is -0.463 e. The number of likely N-dealkylation sites (N-methyl/N-ethyl adjacent to an activating group) is 1. The number of anilines is 2. The van der Waals surface area contributed by atoms with E-state index in [0.29, 0.717) is 30.6 Å². The van der Waals surface area contributed by atoms with Gasteiger partial charge in [-0.3, -0.25) is 0 Å². The number of nitrogens with zero attached hydrogens (tertiary/aromatic N) is 5. The molecule has 0 radical (unpaired) electrons. The smallest absolute Gasteiger partial charge is 0.323 e. The number of nitrogens with one attached hydrogen (secondary N) is 1. The second kappa shape index (κ2) is 7.40. The van der Waals surface area contributed by atoms with Crippen LogP contribution in [-0.4, -0.2) is 65.7 Å². The highest BCUT2D eigenvalue weighted by Gasteiger charge is 2.24. The molecule has 1 aromatic heterocycles. The quantitative estimate of drug-likeness (QED) is 0.846. The summed E-state index contributed by atoms with van der Waals surface area (Å²) in [5, 5.41) is 3.15. The summed E-state index contributed by atoms with van der Waals surface area (Å²) in [6.45, 7) is 10.6. The summed E-state index contributed by atoms with van der Waals surface area (Å²) >= 11 is 0. The van der Waals surface area contributed by atoms with Gasteiger partial charge in [0.05, 0.1) is 6.61 Å². The molecule has 2 heterocycles. The van der Waals surface area contributed by atoms with Gasteiger partial charge in [0.15, 0.2) is 0 Å². The van der Waals surface area contributed by atoms with Crippen LogP contribution in [-0.2, 0) is 0 Å². The third-order valence-corrected chi connectivity index (χ3v) is 3.46. The molecule has 0 aliphatic carbocycles. The minimum atomic E-state index is 0.375. The first kappa shape index (κ1) is 15.8. The molecule has 1 atom stereocenters. The van der Waals surface area contributed by atoms with Gasteiger partial charge < -0.3 is 19.9 Å². The first-order chi connectivity index (χ1) is 10.1. The van der Waals surface area contributed by atoms with Gasteiger partial charge in [-0.1, -0.05) is 6.92 Å². The molecule has 1 unspecified atom stereocenters. The highest BCUT2D eigenvalue weighted by atomic mass is 16.5. The Morgan fingerprint density at radius 1 is 1.24 bits per heavy atom. The first-order valence-corrected chi connectivity index (χ1v) is 7.72. The Balaban J connectivity index is 2.21. The van der Waals surface area contributed by atoms with E-state index in [0.717, 1.165) is 32.6 Å². The van der Waals surface area contributed by atoms with Crippen molar-refractivity contribution in [3.8, 4) is 6.01 Å². The van der Waals surface area contributed by atoms with Gasteiger partial charge in [-0.15, -0.1) is 0 Å². The highest BCUT2D eigenvalue weighted by molar-refractivity contribution is 5.40. The first-order valence-electron chi connectivity index (χ1n) is 7.72. The molecule has 0 bridgehead atoms. The van der Waals surface area contributed by atoms with Crippen LogP contribution in [0, 0.1) is 0 Å². The van der Waals surface area contributed by atoms with Gasteiger partial charge >= 0.3 is 6.01 Å². The zero-order valence-corrected chi connectivity index (χ0v) is 13.5. The molecule has 7 heteroatoms. The van der Waals surface area contributed by atoms with Gasteiger partial charge in [0.25, 0.3) is 0 Å². The number of hydrogen-bond acceptors (Lipinski definition) is 7. The van der Waals surface area contributed by atoms with Crippen LogP contribution in [0.4, 0.5) is 11.9 Å². The van der Waals surface area contributed by atoms with E-state index >= 15 is 0 Å². The fourth-order valence-corrected chi connectivity index (χ4v) is 2.41. The molecule has 0 aromatic carbocycles. The van der Waals surface area contributed by atoms with Crippen molar-refractivity contribution >= 4 is 11.9 Å². The number of rotatable bonds is 6. The largest absolute Gasteiger partial charge is 0.463 e. The standard InChI is InChI=1S/C14H26N6O/c1-5-9-21-14-17-12(15-6-2)16-13(18-14)20-8-7-19(4)10-11(20)3/h11H,5-10H2,1-4H3,(H,15,16,17,18). The van der Waals surface area contributed by atoms with Crippen LogP contribution >= 0.6 is 0 Å². The summed E-state index contributed by atoms with van der Waals surface area (Å²) in [7, 11) is 2.14. The lowest BCUT2D eigenvalue weighted by Gasteiger charge is -2.38. The fourth-order valence-electron chi connectivity index (χ4n) is 2.41. The molecule has 2 rings (SSSR count). The lowest BCUT2D eigenvalue weighted by atomic mass is 10.2. The maximum Gasteiger partial charge on any atom is 0.323 e. The van der Waals surface area contributed by atoms with E-state index in [1.807, 2.05) is 6.92 Å². The Kier molecular flexibility index (Phi) is 5.55. The van der Waals surface area contributed by atoms with E-state index in [2.05, 4.69) is 51.0 Å². The number of piperazine rings is 1. The third-order valence-electron chi connectivity index (χ3n) is 3.46.